The van der Waals surface area contributed by atoms with Crippen molar-refractivity contribution in [2.45, 2.75) is 33.6 Å². The quantitative estimate of drug-likeness (QED) is 0.667. The average molecular weight is 368 g/mol. The summed E-state index contributed by atoms with van der Waals surface area (Å²) in [5, 5.41) is 5.63. The third-order valence-corrected chi connectivity index (χ3v) is 4.33. The summed E-state index contributed by atoms with van der Waals surface area (Å²) in [5.41, 5.74) is 3.79. The van der Waals surface area contributed by atoms with E-state index in [1.165, 1.54) is 0 Å². The largest absolute Gasteiger partial charge is 0.493 e. The SMILES string of the molecule is Cc1ccccc1C(=O)NCCNC(=O)CCCOc1c(C)cccc1C. The predicted octanol–water partition coefficient (Wildman–Crippen LogP) is 3.32. The number of para-hydroxylation sites is 1. The van der Waals surface area contributed by atoms with Crippen molar-refractivity contribution in [1.29, 1.82) is 0 Å². The zero-order valence-corrected chi connectivity index (χ0v) is 16.3. The van der Waals surface area contributed by atoms with Gasteiger partial charge in [0.2, 0.25) is 5.91 Å². The van der Waals surface area contributed by atoms with Crippen molar-refractivity contribution in [1.82, 2.24) is 10.6 Å². The summed E-state index contributed by atoms with van der Waals surface area (Å²) in [6.45, 7) is 7.24. The summed E-state index contributed by atoms with van der Waals surface area (Å²) in [7, 11) is 0. The zero-order valence-electron chi connectivity index (χ0n) is 16.3. The Morgan fingerprint density at radius 1 is 0.852 bits per heavy atom. The monoisotopic (exact) mass is 368 g/mol. The fraction of sp³-hybridized carbons (Fsp3) is 0.364. The lowest BCUT2D eigenvalue weighted by atomic mass is 10.1. The van der Waals surface area contributed by atoms with Gasteiger partial charge in [-0.15, -0.1) is 0 Å². The molecule has 0 heterocycles. The minimum Gasteiger partial charge on any atom is -0.493 e. The molecule has 5 nitrogen and oxygen atoms in total. The number of amides is 2. The standard InChI is InChI=1S/C22H28N2O3/c1-16-8-4-5-11-19(16)22(26)24-14-13-23-20(25)12-7-15-27-21-17(2)9-6-10-18(21)3/h4-6,8-11H,7,12-15H2,1-3H3,(H,23,25)(H,24,26). The fourth-order valence-electron chi connectivity index (χ4n) is 2.82. The summed E-state index contributed by atoms with van der Waals surface area (Å²) in [6, 6.07) is 13.5. The van der Waals surface area contributed by atoms with Gasteiger partial charge < -0.3 is 15.4 Å². The van der Waals surface area contributed by atoms with Crippen LogP contribution in [0.3, 0.4) is 0 Å². The smallest absolute Gasteiger partial charge is 0.251 e. The molecule has 0 saturated heterocycles. The first-order chi connectivity index (χ1) is 13.0. The molecule has 0 aliphatic heterocycles. The van der Waals surface area contributed by atoms with Crippen molar-refractivity contribution in [2.75, 3.05) is 19.7 Å². The first-order valence-corrected chi connectivity index (χ1v) is 9.28. The van der Waals surface area contributed by atoms with E-state index in [1.807, 2.05) is 57.2 Å². The van der Waals surface area contributed by atoms with E-state index in [0.29, 0.717) is 38.1 Å². The van der Waals surface area contributed by atoms with Crippen LogP contribution >= 0.6 is 0 Å². The summed E-state index contributed by atoms with van der Waals surface area (Å²) in [4.78, 5) is 23.9. The molecule has 5 heteroatoms. The summed E-state index contributed by atoms with van der Waals surface area (Å²) >= 11 is 0. The third kappa shape index (κ3) is 6.44. The predicted molar refractivity (Wildman–Crippen MR) is 107 cm³/mol. The highest BCUT2D eigenvalue weighted by Crippen LogP contribution is 2.22. The Morgan fingerprint density at radius 2 is 1.48 bits per heavy atom. The Balaban J connectivity index is 1.60. The molecule has 0 radical (unpaired) electrons. The van der Waals surface area contributed by atoms with Crippen molar-refractivity contribution in [2.24, 2.45) is 0 Å². The molecule has 0 bridgehead atoms. The van der Waals surface area contributed by atoms with Gasteiger partial charge in [0.25, 0.3) is 5.91 Å². The molecule has 2 rings (SSSR count). The van der Waals surface area contributed by atoms with E-state index in [4.69, 9.17) is 4.74 Å². The molecule has 2 aromatic rings. The second kappa shape index (κ2) is 10.4. The van der Waals surface area contributed by atoms with Gasteiger partial charge in [0.15, 0.2) is 0 Å². The summed E-state index contributed by atoms with van der Waals surface area (Å²) in [6.07, 6.45) is 1.05. The van der Waals surface area contributed by atoms with Gasteiger partial charge >= 0.3 is 0 Å². The van der Waals surface area contributed by atoms with E-state index in [9.17, 15) is 9.59 Å². The highest BCUT2D eigenvalue weighted by atomic mass is 16.5. The van der Waals surface area contributed by atoms with Crippen LogP contribution in [0.1, 0.15) is 39.9 Å². The maximum atomic E-state index is 12.1. The van der Waals surface area contributed by atoms with Gasteiger partial charge in [0, 0.05) is 25.1 Å². The Bertz CT molecular complexity index is 767. The van der Waals surface area contributed by atoms with Gasteiger partial charge in [-0.2, -0.15) is 0 Å². The lowest BCUT2D eigenvalue weighted by Crippen LogP contribution is -2.34. The van der Waals surface area contributed by atoms with Crippen LogP contribution in [0.5, 0.6) is 5.75 Å². The van der Waals surface area contributed by atoms with Gasteiger partial charge in [-0.1, -0.05) is 36.4 Å². The number of rotatable bonds is 9. The summed E-state index contributed by atoms with van der Waals surface area (Å²) < 4.78 is 5.80. The van der Waals surface area contributed by atoms with Gasteiger partial charge in [-0.25, -0.2) is 0 Å². The number of ether oxygens (including phenoxy) is 1. The van der Waals surface area contributed by atoms with Crippen LogP contribution < -0.4 is 15.4 Å². The second-order valence-corrected chi connectivity index (χ2v) is 6.59. The molecule has 0 fully saturated rings. The van der Waals surface area contributed by atoms with Crippen LogP contribution in [0.2, 0.25) is 0 Å². The maximum absolute atomic E-state index is 12.1. The lowest BCUT2D eigenvalue weighted by Gasteiger charge is -2.12. The molecule has 0 aliphatic rings. The van der Waals surface area contributed by atoms with E-state index in [2.05, 4.69) is 10.6 Å². The second-order valence-electron chi connectivity index (χ2n) is 6.59. The molecule has 0 unspecified atom stereocenters. The fourth-order valence-corrected chi connectivity index (χ4v) is 2.82. The van der Waals surface area contributed by atoms with E-state index in [1.54, 1.807) is 6.07 Å². The first kappa shape index (κ1) is 20.5. The third-order valence-electron chi connectivity index (χ3n) is 4.33. The molecule has 27 heavy (non-hydrogen) atoms. The van der Waals surface area contributed by atoms with Crippen molar-refractivity contribution in [3.63, 3.8) is 0 Å². The van der Waals surface area contributed by atoms with Crippen molar-refractivity contribution >= 4 is 11.8 Å². The van der Waals surface area contributed by atoms with E-state index >= 15 is 0 Å². The van der Waals surface area contributed by atoms with Crippen LogP contribution in [0.15, 0.2) is 42.5 Å². The molecule has 0 aliphatic carbocycles. The molecular formula is C22H28N2O3. The van der Waals surface area contributed by atoms with Crippen LogP contribution in [0, 0.1) is 20.8 Å². The Morgan fingerprint density at radius 3 is 2.19 bits per heavy atom. The average Bonchev–Trinajstić information content (AvgIpc) is 2.64. The van der Waals surface area contributed by atoms with Crippen molar-refractivity contribution < 1.29 is 14.3 Å². The van der Waals surface area contributed by atoms with Crippen LogP contribution in [-0.4, -0.2) is 31.5 Å². The zero-order chi connectivity index (χ0) is 19.6. The van der Waals surface area contributed by atoms with Gasteiger partial charge in [0.05, 0.1) is 6.61 Å². The summed E-state index contributed by atoms with van der Waals surface area (Å²) in [5.74, 6) is 0.742. The minimum absolute atomic E-state index is 0.0368. The molecule has 2 N–H and O–H groups in total. The van der Waals surface area contributed by atoms with Crippen molar-refractivity contribution in [3.05, 3.63) is 64.7 Å². The van der Waals surface area contributed by atoms with E-state index < -0.39 is 0 Å². The number of benzene rings is 2. The van der Waals surface area contributed by atoms with Crippen LogP contribution in [0.25, 0.3) is 0 Å². The first-order valence-electron chi connectivity index (χ1n) is 9.28. The molecule has 0 saturated carbocycles. The molecule has 0 spiro atoms. The van der Waals surface area contributed by atoms with E-state index in [-0.39, 0.29) is 11.8 Å². The highest BCUT2D eigenvalue weighted by molar-refractivity contribution is 5.95. The molecule has 0 aromatic heterocycles. The van der Waals surface area contributed by atoms with Gasteiger partial charge in [-0.05, 0) is 49.9 Å². The minimum atomic E-state index is -0.121. The number of hydrogen-bond acceptors (Lipinski definition) is 3. The Kier molecular flexibility index (Phi) is 7.86. The molecule has 0 atom stereocenters. The van der Waals surface area contributed by atoms with Crippen molar-refractivity contribution in [3.8, 4) is 5.75 Å². The topological polar surface area (TPSA) is 67.4 Å². The number of carbonyl (C=O) groups excluding carboxylic acids is 2. The number of aryl methyl sites for hydroxylation is 3. The maximum Gasteiger partial charge on any atom is 0.251 e. The Hall–Kier alpha value is -2.82. The van der Waals surface area contributed by atoms with Gasteiger partial charge in [-0.3, -0.25) is 9.59 Å². The lowest BCUT2D eigenvalue weighted by molar-refractivity contribution is -0.121. The van der Waals surface area contributed by atoms with Crippen LogP contribution in [-0.2, 0) is 4.79 Å². The van der Waals surface area contributed by atoms with Crippen LogP contribution in [0.4, 0.5) is 0 Å². The van der Waals surface area contributed by atoms with Gasteiger partial charge in [0.1, 0.15) is 5.75 Å². The van der Waals surface area contributed by atoms with E-state index in [0.717, 1.165) is 22.4 Å². The molecule has 2 amide bonds. The normalized spacial score (nSPS) is 10.3. The number of hydrogen-bond donors (Lipinski definition) is 2. The molecule has 144 valence electrons. The Labute approximate surface area is 161 Å². The highest BCUT2D eigenvalue weighted by Gasteiger charge is 2.08. The number of nitrogens with one attached hydrogen (secondary N) is 2. The molecular weight excluding hydrogens is 340 g/mol. The molecule has 2 aromatic carbocycles. The number of carbonyl (C=O) groups is 2.